The molecule has 0 radical (unpaired) electrons. The van der Waals surface area contributed by atoms with Crippen molar-refractivity contribution < 1.29 is 9.47 Å². The van der Waals surface area contributed by atoms with E-state index in [1.54, 1.807) is 0 Å². The van der Waals surface area contributed by atoms with Crippen LogP contribution in [0.3, 0.4) is 0 Å². The van der Waals surface area contributed by atoms with Gasteiger partial charge in [0, 0.05) is 25.8 Å². The first-order valence-electron chi connectivity index (χ1n) is 6.48. The highest BCUT2D eigenvalue weighted by molar-refractivity contribution is 5.12. The Labute approximate surface area is 98.2 Å². The maximum Gasteiger partial charge on any atom is 0.169 e. The monoisotopic (exact) mass is 225 g/mol. The fourth-order valence-electron chi connectivity index (χ4n) is 2.73. The fourth-order valence-corrected chi connectivity index (χ4v) is 2.73. The summed E-state index contributed by atoms with van der Waals surface area (Å²) in [5.74, 6) is 1.68. The first-order chi connectivity index (χ1) is 7.85. The summed E-state index contributed by atoms with van der Waals surface area (Å²) in [6.07, 6.45) is 7.19. The van der Waals surface area contributed by atoms with Crippen LogP contribution in [0.25, 0.3) is 0 Å². The number of hydrogen-bond acceptors (Lipinski definition) is 3. The second kappa shape index (κ2) is 5.80. The molecule has 92 valence electrons. The van der Waals surface area contributed by atoms with Gasteiger partial charge in [-0.3, -0.25) is 0 Å². The Kier molecular flexibility index (Phi) is 4.38. The summed E-state index contributed by atoms with van der Waals surface area (Å²) in [4.78, 5) is 0. The third-order valence-corrected chi connectivity index (χ3v) is 3.61. The van der Waals surface area contributed by atoms with Gasteiger partial charge in [0.25, 0.3) is 0 Å². The van der Waals surface area contributed by atoms with E-state index in [2.05, 4.69) is 17.5 Å². The topological polar surface area (TPSA) is 30.5 Å². The van der Waals surface area contributed by atoms with E-state index >= 15 is 0 Å². The van der Waals surface area contributed by atoms with Gasteiger partial charge in [0.05, 0.1) is 0 Å². The average Bonchev–Trinajstić information content (AvgIpc) is 2.61. The van der Waals surface area contributed by atoms with Crippen LogP contribution in [-0.4, -0.2) is 32.1 Å². The molecule has 0 spiro atoms. The molecule has 3 atom stereocenters. The predicted molar refractivity (Wildman–Crippen MR) is 64.2 cm³/mol. The van der Waals surface area contributed by atoms with Crippen molar-refractivity contribution in [1.29, 1.82) is 0 Å². The molecule has 1 fully saturated rings. The first kappa shape index (κ1) is 12.1. The summed E-state index contributed by atoms with van der Waals surface area (Å²) in [5, 5.41) is 3.56. The minimum atomic E-state index is -0.0839. The summed E-state index contributed by atoms with van der Waals surface area (Å²) < 4.78 is 11.0. The fraction of sp³-hybridized carbons (Fsp3) is 0.846. The molecule has 0 aromatic carbocycles. The molecule has 1 saturated carbocycles. The maximum absolute atomic E-state index is 5.51. The van der Waals surface area contributed by atoms with Crippen molar-refractivity contribution in [2.45, 2.75) is 39.0 Å². The highest BCUT2D eigenvalue weighted by Gasteiger charge is 2.40. The second-order valence-electron chi connectivity index (χ2n) is 4.59. The largest absolute Gasteiger partial charge is 0.352 e. The van der Waals surface area contributed by atoms with E-state index in [9.17, 15) is 0 Å². The van der Waals surface area contributed by atoms with Crippen LogP contribution in [0.2, 0.25) is 0 Å². The Balaban J connectivity index is 1.67. The predicted octanol–water partition coefficient (Wildman–Crippen LogP) is 1.94. The highest BCUT2D eigenvalue weighted by Crippen LogP contribution is 2.42. The molecule has 16 heavy (non-hydrogen) atoms. The van der Waals surface area contributed by atoms with Crippen molar-refractivity contribution in [1.82, 2.24) is 5.32 Å². The van der Waals surface area contributed by atoms with Crippen molar-refractivity contribution in [2.75, 3.05) is 19.8 Å². The lowest BCUT2D eigenvalue weighted by Crippen LogP contribution is -2.50. The number of fused-ring (bicyclic) bond motifs is 1. The van der Waals surface area contributed by atoms with Gasteiger partial charge in [-0.1, -0.05) is 12.2 Å². The molecule has 0 aromatic heterocycles. The van der Waals surface area contributed by atoms with Crippen LogP contribution in [0.1, 0.15) is 26.7 Å². The van der Waals surface area contributed by atoms with Crippen LogP contribution < -0.4 is 5.32 Å². The van der Waals surface area contributed by atoms with Gasteiger partial charge in [-0.2, -0.15) is 0 Å². The van der Waals surface area contributed by atoms with Gasteiger partial charge < -0.3 is 14.8 Å². The third kappa shape index (κ3) is 2.65. The molecule has 0 aliphatic heterocycles. The molecule has 0 saturated heterocycles. The van der Waals surface area contributed by atoms with Crippen LogP contribution in [-0.2, 0) is 9.47 Å². The van der Waals surface area contributed by atoms with Gasteiger partial charge in [-0.15, -0.1) is 0 Å². The zero-order valence-electron chi connectivity index (χ0n) is 10.3. The van der Waals surface area contributed by atoms with Crippen molar-refractivity contribution in [3.05, 3.63) is 12.2 Å². The van der Waals surface area contributed by atoms with Crippen LogP contribution in [0.4, 0.5) is 0 Å². The Morgan fingerprint density at radius 1 is 1.31 bits per heavy atom. The molecular formula is C13H23NO2. The molecule has 2 aliphatic rings. The van der Waals surface area contributed by atoms with Crippen LogP contribution >= 0.6 is 0 Å². The van der Waals surface area contributed by atoms with Crippen LogP contribution in [0.5, 0.6) is 0 Å². The minimum Gasteiger partial charge on any atom is -0.352 e. The van der Waals surface area contributed by atoms with E-state index in [1.165, 1.54) is 12.8 Å². The van der Waals surface area contributed by atoms with Gasteiger partial charge in [-0.25, -0.2) is 0 Å². The smallest absolute Gasteiger partial charge is 0.169 e. The molecule has 3 unspecified atom stereocenters. The Morgan fingerprint density at radius 2 is 2.06 bits per heavy atom. The standard InChI is InChI=1S/C13H23NO2/c1-3-15-13(16-4-2)9-14-12-8-10-6-5-7-11(10)12/h5,7,10-14H,3-4,6,8-9H2,1-2H3. The number of rotatable bonds is 7. The zero-order valence-corrected chi connectivity index (χ0v) is 10.3. The third-order valence-electron chi connectivity index (χ3n) is 3.61. The van der Waals surface area contributed by atoms with Crippen molar-refractivity contribution in [3.8, 4) is 0 Å². The van der Waals surface area contributed by atoms with E-state index in [4.69, 9.17) is 9.47 Å². The highest BCUT2D eigenvalue weighted by atomic mass is 16.7. The lowest BCUT2D eigenvalue weighted by Gasteiger charge is -2.41. The van der Waals surface area contributed by atoms with Gasteiger partial charge in [-0.05, 0) is 38.5 Å². The minimum absolute atomic E-state index is 0.0839. The molecule has 0 heterocycles. The van der Waals surface area contributed by atoms with Gasteiger partial charge >= 0.3 is 0 Å². The Bertz CT molecular complexity index is 236. The van der Waals surface area contributed by atoms with E-state index < -0.39 is 0 Å². The number of ether oxygens (including phenoxy) is 2. The molecule has 0 amide bonds. The summed E-state index contributed by atoms with van der Waals surface area (Å²) in [6, 6.07) is 0.646. The molecule has 0 aromatic rings. The van der Waals surface area contributed by atoms with Crippen molar-refractivity contribution in [2.24, 2.45) is 11.8 Å². The normalized spacial score (nSPS) is 31.8. The summed E-state index contributed by atoms with van der Waals surface area (Å²) in [5.41, 5.74) is 0. The van der Waals surface area contributed by atoms with Gasteiger partial charge in [0.15, 0.2) is 6.29 Å². The van der Waals surface area contributed by atoms with E-state index in [1.807, 2.05) is 13.8 Å². The SMILES string of the molecule is CCOC(CNC1CC2CC=CC21)OCC. The van der Waals surface area contributed by atoms with Crippen LogP contribution in [0, 0.1) is 11.8 Å². The molecule has 0 bridgehead atoms. The lowest BCUT2D eigenvalue weighted by molar-refractivity contribution is -0.135. The van der Waals surface area contributed by atoms with Crippen molar-refractivity contribution in [3.63, 3.8) is 0 Å². The summed E-state index contributed by atoms with van der Waals surface area (Å²) >= 11 is 0. The Morgan fingerprint density at radius 3 is 2.69 bits per heavy atom. The maximum atomic E-state index is 5.51. The second-order valence-corrected chi connectivity index (χ2v) is 4.59. The average molecular weight is 225 g/mol. The lowest BCUT2D eigenvalue weighted by atomic mass is 9.71. The van der Waals surface area contributed by atoms with E-state index in [0.717, 1.165) is 18.4 Å². The molecule has 2 rings (SSSR count). The van der Waals surface area contributed by atoms with Gasteiger partial charge in [0.2, 0.25) is 0 Å². The summed E-state index contributed by atoms with van der Waals surface area (Å²) in [6.45, 7) is 6.24. The molecule has 3 nitrogen and oxygen atoms in total. The van der Waals surface area contributed by atoms with Gasteiger partial charge in [0.1, 0.15) is 0 Å². The first-order valence-corrected chi connectivity index (χ1v) is 6.48. The Hall–Kier alpha value is -0.380. The van der Waals surface area contributed by atoms with Crippen LogP contribution in [0.15, 0.2) is 12.2 Å². The zero-order chi connectivity index (χ0) is 11.4. The van der Waals surface area contributed by atoms with Crippen molar-refractivity contribution >= 4 is 0 Å². The molecular weight excluding hydrogens is 202 g/mol. The van der Waals surface area contributed by atoms with E-state index in [0.29, 0.717) is 19.3 Å². The molecule has 3 heteroatoms. The van der Waals surface area contributed by atoms with E-state index in [-0.39, 0.29) is 6.29 Å². The molecule has 2 aliphatic carbocycles. The quantitative estimate of drug-likeness (QED) is 0.530. The summed E-state index contributed by atoms with van der Waals surface area (Å²) in [7, 11) is 0. The number of nitrogens with one attached hydrogen (secondary N) is 1. The number of hydrogen-bond donors (Lipinski definition) is 1. The number of allylic oxidation sites excluding steroid dienone is 1. The molecule has 1 N–H and O–H groups in total.